The number of benzene rings is 1. The van der Waals surface area contributed by atoms with Crippen LogP contribution in [0.3, 0.4) is 0 Å². The molecule has 2 N–H and O–H groups in total. The molecule has 0 aromatic heterocycles. The van der Waals surface area contributed by atoms with E-state index in [2.05, 4.69) is 5.32 Å². The van der Waals surface area contributed by atoms with E-state index in [1.165, 1.54) is 6.07 Å². The summed E-state index contributed by atoms with van der Waals surface area (Å²) in [7, 11) is 0. The lowest BCUT2D eigenvalue weighted by Crippen LogP contribution is -2.41. The van der Waals surface area contributed by atoms with Crippen molar-refractivity contribution in [3.05, 3.63) is 29.6 Å². The van der Waals surface area contributed by atoms with Gasteiger partial charge in [0.25, 0.3) is 5.91 Å². The minimum absolute atomic E-state index is 0.0384. The third kappa shape index (κ3) is 3.48. The maximum Gasteiger partial charge on any atom is 0.257 e. The molecule has 1 aromatic carbocycles. The SMILES string of the molecule is CCCN(CC1CCCN1)C(=O)c1cc(F)ccc1O. The van der Waals surface area contributed by atoms with Crippen molar-refractivity contribution in [3.63, 3.8) is 0 Å². The summed E-state index contributed by atoms with van der Waals surface area (Å²) in [6, 6.07) is 3.76. The van der Waals surface area contributed by atoms with Crippen molar-refractivity contribution in [2.75, 3.05) is 19.6 Å². The largest absolute Gasteiger partial charge is 0.507 e. The van der Waals surface area contributed by atoms with Crippen LogP contribution in [0.1, 0.15) is 36.5 Å². The third-order valence-electron chi connectivity index (χ3n) is 3.57. The van der Waals surface area contributed by atoms with Crippen LogP contribution in [-0.4, -0.2) is 41.6 Å². The lowest BCUT2D eigenvalue weighted by molar-refractivity contribution is 0.0738. The lowest BCUT2D eigenvalue weighted by atomic mass is 10.1. The molecule has 5 heteroatoms. The fourth-order valence-corrected chi connectivity index (χ4v) is 2.57. The second kappa shape index (κ2) is 6.70. The highest BCUT2D eigenvalue weighted by Crippen LogP contribution is 2.20. The Morgan fingerprint density at radius 3 is 3.00 bits per heavy atom. The monoisotopic (exact) mass is 280 g/mol. The van der Waals surface area contributed by atoms with Gasteiger partial charge in [0.05, 0.1) is 5.56 Å². The number of hydrogen-bond donors (Lipinski definition) is 2. The van der Waals surface area contributed by atoms with E-state index in [0.29, 0.717) is 19.1 Å². The molecule has 1 aromatic rings. The molecule has 0 saturated carbocycles. The number of aromatic hydroxyl groups is 1. The van der Waals surface area contributed by atoms with Gasteiger partial charge in [0.2, 0.25) is 0 Å². The van der Waals surface area contributed by atoms with Gasteiger partial charge < -0.3 is 15.3 Å². The summed E-state index contributed by atoms with van der Waals surface area (Å²) in [6.45, 7) is 4.17. The summed E-state index contributed by atoms with van der Waals surface area (Å²) in [5.41, 5.74) is 0.0384. The second-order valence-corrected chi connectivity index (χ2v) is 5.21. The highest BCUT2D eigenvalue weighted by molar-refractivity contribution is 5.96. The molecule has 1 amide bonds. The van der Waals surface area contributed by atoms with Gasteiger partial charge in [-0.25, -0.2) is 4.39 Å². The van der Waals surface area contributed by atoms with Gasteiger partial charge in [-0.05, 0) is 44.0 Å². The normalized spacial score (nSPS) is 18.2. The minimum atomic E-state index is -0.512. The Bertz CT molecular complexity index is 473. The van der Waals surface area contributed by atoms with Crippen LogP contribution in [0.15, 0.2) is 18.2 Å². The van der Waals surface area contributed by atoms with Crippen molar-refractivity contribution < 1.29 is 14.3 Å². The Morgan fingerprint density at radius 2 is 2.35 bits per heavy atom. The number of hydrogen-bond acceptors (Lipinski definition) is 3. The zero-order chi connectivity index (χ0) is 14.5. The van der Waals surface area contributed by atoms with Crippen LogP contribution < -0.4 is 5.32 Å². The number of phenolic OH excluding ortho intramolecular Hbond substituents is 1. The van der Waals surface area contributed by atoms with E-state index in [4.69, 9.17) is 0 Å². The van der Waals surface area contributed by atoms with Crippen LogP contribution >= 0.6 is 0 Å². The first kappa shape index (κ1) is 14.8. The minimum Gasteiger partial charge on any atom is -0.507 e. The van der Waals surface area contributed by atoms with Crippen molar-refractivity contribution in [2.45, 2.75) is 32.2 Å². The molecule has 110 valence electrons. The van der Waals surface area contributed by atoms with Crippen molar-refractivity contribution in [2.24, 2.45) is 0 Å². The molecule has 4 nitrogen and oxygen atoms in total. The molecule has 1 fully saturated rings. The quantitative estimate of drug-likeness (QED) is 0.869. The van der Waals surface area contributed by atoms with Gasteiger partial charge >= 0.3 is 0 Å². The molecule has 1 unspecified atom stereocenters. The third-order valence-corrected chi connectivity index (χ3v) is 3.57. The fourth-order valence-electron chi connectivity index (χ4n) is 2.57. The summed E-state index contributed by atoms with van der Waals surface area (Å²) in [6.07, 6.45) is 2.99. The molecule has 20 heavy (non-hydrogen) atoms. The molecule has 2 rings (SSSR count). The van der Waals surface area contributed by atoms with E-state index in [-0.39, 0.29) is 17.2 Å². The van der Waals surface area contributed by atoms with Gasteiger partial charge in [-0.3, -0.25) is 4.79 Å². The average Bonchev–Trinajstić information content (AvgIpc) is 2.93. The summed E-state index contributed by atoms with van der Waals surface area (Å²) in [5.74, 6) is -0.990. The highest BCUT2D eigenvalue weighted by Gasteiger charge is 2.23. The van der Waals surface area contributed by atoms with Crippen LogP contribution in [0.25, 0.3) is 0 Å². The number of carbonyl (C=O) groups is 1. The number of amides is 1. The molecule has 0 radical (unpaired) electrons. The Balaban J connectivity index is 2.14. The molecule has 0 spiro atoms. The maximum atomic E-state index is 13.3. The summed E-state index contributed by atoms with van der Waals surface area (Å²) in [5, 5.41) is 13.1. The maximum absolute atomic E-state index is 13.3. The van der Waals surface area contributed by atoms with E-state index in [1.54, 1.807) is 4.90 Å². The first-order chi connectivity index (χ1) is 9.61. The molecule has 1 aliphatic rings. The molecule has 0 bridgehead atoms. The van der Waals surface area contributed by atoms with Gasteiger partial charge in [0.1, 0.15) is 11.6 Å². The van der Waals surface area contributed by atoms with Crippen LogP contribution in [0.4, 0.5) is 4.39 Å². The molecular weight excluding hydrogens is 259 g/mol. The van der Waals surface area contributed by atoms with Gasteiger partial charge in [-0.1, -0.05) is 6.92 Å². The predicted octanol–water partition coefficient (Wildman–Crippen LogP) is 2.14. The van der Waals surface area contributed by atoms with Gasteiger partial charge in [0, 0.05) is 19.1 Å². The zero-order valence-electron chi connectivity index (χ0n) is 11.7. The van der Waals surface area contributed by atoms with Crippen molar-refractivity contribution in [1.82, 2.24) is 10.2 Å². The average molecular weight is 280 g/mol. The van der Waals surface area contributed by atoms with Crippen molar-refractivity contribution in [1.29, 1.82) is 0 Å². The molecule has 0 aliphatic carbocycles. The van der Waals surface area contributed by atoms with Crippen LogP contribution in [0.5, 0.6) is 5.75 Å². The summed E-state index contributed by atoms with van der Waals surface area (Å²) in [4.78, 5) is 14.2. The number of rotatable bonds is 5. The number of nitrogens with one attached hydrogen (secondary N) is 1. The summed E-state index contributed by atoms with van der Waals surface area (Å²) < 4.78 is 13.3. The summed E-state index contributed by atoms with van der Waals surface area (Å²) >= 11 is 0. The highest BCUT2D eigenvalue weighted by atomic mass is 19.1. The van der Waals surface area contributed by atoms with E-state index in [0.717, 1.165) is 37.9 Å². The Morgan fingerprint density at radius 1 is 1.55 bits per heavy atom. The van der Waals surface area contributed by atoms with Crippen LogP contribution in [-0.2, 0) is 0 Å². The number of halogens is 1. The van der Waals surface area contributed by atoms with E-state index in [1.807, 2.05) is 6.92 Å². The molecule has 1 atom stereocenters. The number of nitrogens with zero attached hydrogens (tertiary/aromatic N) is 1. The zero-order valence-corrected chi connectivity index (χ0v) is 11.7. The van der Waals surface area contributed by atoms with Gasteiger partial charge in [-0.15, -0.1) is 0 Å². The number of phenols is 1. The van der Waals surface area contributed by atoms with Crippen molar-refractivity contribution in [3.8, 4) is 5.75 Å². The van der Waals surface area contributed by atoms with E-state index < -0.39 is 5.82 Å². The van der Waals surface area contributed by atoms with Crippen molar-refractivity contribution >= 4 is 5.91 Å². The topological polar surface area (TPSA) is 52.6 Å². The smallest absolute Gasteiger partial charge is 0.257 e. The molecular formula is C15H21FN2O2. The van der Waals surface area contributed by atoms with Crippen LogP contribution in [0.2, 0.25) is 0 Å². The Hall–Kier alpha value is -1.62. The van der Waals surface area contributed by atoms with Crippen LogP contribution in [0, 0.1) is 5.82 Å². The standard InChI is InChI=1S/C15H21FN2O2/c1-2-8-18(10-12-4-3-7-17-12)15(20)13-9-11(16)5-6-14(13)19/h5-6,9,12,17,19H,2-4,7-8,10H2,1H3. The lowest BCUT2D eigenvalue weighted by Gasteiger charge is -2.26. The fraction of sp³-hybridized carbons (Fsp3) is 0.533. The predicted molar refractivity (Wildman–Crippen MR) is 75.3 cm³/mol. The van der Waals surface area contributed by atoms with E-state index in [9.17, 15) is 14.3 Å². The number of carbonyl (C=O) groups excluding carboxylic acids is 1. The van der Waals surface area contributed by atoms with Gasteiger partial charge in [0.15, 0.2) is 0 Å². The Labute approximate surface area is 118 Å². The molecule has 1 aliphatic heterocycles. The molecule has 1 heterocycles. The first-order valence-electron chi connectivity index (χ1n) is 7.13. The van der Waals surface area contributed by atoms with E-state index >= 15 is 0 Å². The van der Waals surface area contributed by atoms with Gasteiger partial charge in [-0.2, -0.15) is 0 Å². The first-order valence-corrected chi connectivity index (χ1v) is 7.13. The molecule has 1 saturated heterocycles. The Kier molecular flexibility index (Phi) is 4.95. The second-order valence-electron chi connectivity index (χ2n) is 5.21.